The number of carbonyl (C=O) groups is 3. The van der Waals surface area contributed by atoms with Crippen molar-refractivity contribution >= 4 is 39.4 Å². The van der Waals surface area contributed by atoms with Gasteiger partial charge >= 0.3 is 5.97 Å². The Hall–Kier alpha value is -0.930. The van der Waals surface area contributed by atoms with Crippen LogP contribution in [0.15, 0.2) is 0 Å². The number of likely N-dealkylation sites (N-methyl/N-ethyl adjacent to an activating group) is 1. The van der Waals surface area contributed by atoms with Crippen LogP contribution in [0, 0.1) is 0 Å². The van der Waals surface area contributed by atoms with Gasteiger partial charge in [-0.05, 0) is 0 Å². The largest absolute Gasteiger partial charge is 0.465 e. The molecule has 3 N–H and O–H groups in total. The van der Waals surface area contributed by atoms with Gasteiger partial charge in [0.1, 0.15) is 0 Å². The van der Waals surface area contributed by atoms with Crippen molar-refractivity contribution in [3.63, 3.8) is 0 Å². The maximum Gasteiger partial charge on any atom is 0.361 e. The van der Waals surface area contributed by atoms with Crippen molar-refractivity contribution in [1.29, 1.82) is 0 Å². The second-order valence-electron chi connectivity index (χ2n) is 4.58. The number of esters is 1. The first-order chi connectivity index (χ1) is 10.5. The summed E-state index contributed by atoms with van der Waals surface area (Å²) in [5.74, 6) is 1.30. The molecule has 128 valence electrons. The molecule has 22 heavy (non-hydrogen) atoms. The van der Waals surface area contributed by atoms with Gasteiger partial charge in [0.25, 0.3) is 5.91 Å². The molecule has 1 unspecified atom stereocenters. The minimum absolute atomic E-state index is 0.0661. The van der Waals surface area contributed by atoms with Crippen molar-refractivity contribution < 1.29 is 24.0 Å². The highest BCUT2D eigenvalue weighted by molar-refractivity contribution is 8.76. The molecule has 2 amide bonds. The average molecular weight is 353 g/mol. The Labute approximate surface area is 139 Å². The molecule has 0 fully saturated rings. The quantitative estimate of drug-likeness (QED) is 0.230. The van der Waals surface area contributed by atoms with Crippen LogP contribution in [0.2, 0.25) is 0 Å². The number of hydrogen-bond donors (Lipinski definition) is 3. The predicted molar refractivity (Wildman–Crippen MR) is 89.9 cm³/mol. The zero-order valence-electron chi connectivity index (χ0n) is 13.4. The average Bonchev–Trinajstić information content (AvgIpc) is 2.49. The Morgan fingerprint density at radius 2 is 1.55 bits per heavy atom. The van der Waals surface area contributed by atoms with Crippen molar-refractivity contribution in [2.75, 3.05) is 51.8 Å². The summed E-state index contributed by atoms with van der Waals surface area (Å²) in [6, 6.07) is 0. The van der Waals surface area contributed by atoms with Gasteiger partial charge in [-0.25, -0.2) is 4.79 Å². The van der Waals surface area contributed by atoms with E-state index in [9.17, 15) is 14.4 Å². The Morgan fingerprint density at radius 3 is 2.05 bits per heavy atom. The Bertz CT molecular complexity index is 356. The van der Waals surface area contributed by atoms with Crippen LogP contribution < -0.4 is 15.5 Å². The molecule has 0 spiro atoms. The van der Waals surface area contributed by atoms with Gasteiger partial charge in [-0.2, -0.15) is 0 Å². The van der Waals surface area contributed by atoms with Crippen molar-refractivity contribution in [3.8, 4) is 0 Å². The summed E-state index contributed by atoms with van der Waals surface area (Å²) in [5.41, 5.74) is 0. The van der Waals surface area contributed by atoms with Crippen LogP contribution in [-0.4, -0.2) is 69.6 Å². The van der Waals surface area contributed by atoms with Crippen LogP contribution in [0.4, 0.5) is 0 Å². The molecule has 0 aromatic carbocycles. The summed E-state index contributed by atoms with van der Waals surface area (Å²) >= 11 is 0. The van der Waals surface area contributed by atoms with E-state index >= 15 is 0 Å². The summed E-state index contributed by atoms with van der Waals surface area (Å²) in [5, 5.41) is 5.61. The van der Waals surface area contributed by atoms with E-state index in [1.165, 1.54) is 7.11 Å². The van der Waals surface area contributed by atoms with E-state index < -0.39 is 0 Å². The molecule has 0 aliphatic rings. The van der Waals surface area contributed by atoms with E-state index in [0.29, 0.717) is 19.5 Å². The zero-order chi connectivity index (χ0) is 16.8. The monoisotopic (exact) mass is 352 g/mol. The number of quaternary nitrogens is 1. The lowest BCUT2D eigenvalue weighted by molar-refractivity contribution is -0.863. The first kappa shape index (κ1) is 21.1. The molecule has 0 radical (unpaired) electrons. The van der Waals surface area contributed by atoms with Crippen molar-refractivity contribution in [3.05, 3.63) is 0 Å². The molecule has 9 heteroatoms. The highest BCUT2D eigenvalue weighted by Crippen LogP contribution is 2.19. The number of methoxy groups -OCH3 is 1. The summed E-state index contributed by atoms with van der Waals surface area (Å²) in [7, 11) is 6.43. The normalized spacial score (nSPS) is 11.6. The van der Waals surface area contributed by atoms with Gasteiger partial charge in [0.05, 0.1) is 14.2 Å². The first-order valence-electron chi connectivity index (χ1n) is 7.15. The van der Waals surface area contributed by atoms with Crippen molar-refractivity contribution in [2.45, 2.75) is 13.3 Å². The van der Waals surface area contributed by atoms with Gasteiger partial charge in [-0.1, -0.05) is 28.5 Å². The lowest BCUT2D eigenvalue weighted by atomic mass is 10.4. The van der Waals surface area contributed by atoms with E-state index in [0.717, 1.165) is 16.4 Å². The van der Waals surface area contributed by atoms with Crippen LogP contribution in [0.5, 0.6) is 0 Å². The highest BCUT2D eigenvalue weighted by Gasteiger charge is 2.13. The molecule has 0 aromatic heterocycles. The number of carbonyl (C=O) groups excluding carboxylic acids is 3. The van der Waals surface area contributed by atoms with Gasteiger partial charge in [0.15, 0.2) is 13.1 Å². The van der Waals surface area contributed by atoms with Crippen LogP contribution in [0.25, 0.3) is 0 Å². The molecule has 0 aromatic rings. The molecule has 0 aliphatic carbocycles. The summed E-state index contributed by atoms with van der Waals surface area (Å²) in [6.07, 6.45) is 0.510. The van der Waals surface area contributed by atoms with Crippen LogP contribution in [-0.2, 0) is 19.1 Å². The SMILES string of the molecule is CCC(=O)NCCSSCCNC(=O)C[NH+](C)CC(=O)OC. The molecule has 0 rings (SSSR count). The van der Waals surface area contributed by atoms with Gasteiger partial charge in [0, 0.05) is 31.0 Å². The van der Waals surface area contributed by atoms with E-state index in [2.05, 4.69) is 15.4 Å². The van der Waals surface area contributed by atoms with E-state index in [4.69, 9.17) is 0 Å². The number of ether oxygens (including phenoxy) is 1. The predicted octanol–water partition coefficient (Wildman–Crippen LogP) is -1.30. The molecule has 0 saturated carbocycles. The Balaban J connectivity index is 3.45. The lowest BCUT2D eigenvalue weighted by Crippen LogP contribution is -3.11. The fourth-order valence-electron chi connectivity index (χ4n) is 1.42. The Morgan fingerprint density at radius 1 is 1.00 bits per heavy atom. The molecule has 0 saturated heterocycles. The fourth-order valence-corrected chi connectivity index (χ4v) is 3.24. The summed E-state index contributed by atoms with van der Waals surface area (Å²) in [4.78, 5) is 34.4. The maximum atomic E-state index is 11.6. The molecule has 0 aliphatic heterocycles. The fraction of sp³-hybridized carbons (Fsp3) is 0.769. The van der Waals surface area contributed by atoms with E-state index in [-0.39, 0.29) is 30.9 Å². The molecule has 0 heterocycles. The van der Waals surface area contributed by atoms with Gasteiger partial charge in [0.2, 0.25) is 5.91 Å². The molecular weight excluding hydrogens is 326 g/mol. The van der Waals surface area contributed by atoms with Gasteiger partial charge < -0.3 is 20.3 Å². The minimum Gasteiger partial charge on any atom is -0.465 e. The lowest BCUT2D eigenvalue weighted by Gasteiger charge is -2.12. The third-order valence-electron chi connectivity index (χ3n) is 2.56. The van der Waals surface area contributed by atoms with Gasteiger partial charge in [-0.3, -0.25) is 9.59 Å². The standard InChI is InChI=1S/C13H25N3O4S2/c1-4-11(17)14-5-7-21-22-8-6-15-12(18)9-16(2)10-13(19)20-3/h4-10H2,1-3H3,(H,14,17)(H,15,18)/p+1. The first-order valence-corrected chi connectivity index (χ1v) is 9.64. The third kappa shape index (κ3) is 12.8. The second-order valence-corrected chi connectivity index (χ2v) is 7.29. The van der Waals surface area contributed by atoms with Gasteiger partial charge in [-0.15, -0.1) is 0 Å². The van der Waals surface area contributed by atoms with Crippen molar-refractivity contribution in [1.82, 2.24) is 10.6 Å². The minimum atomic E-state index is -0.326. The highest BCUT2D eigenvalue weighted by atomic mass is 33.1. The zero-order valence-corrected chi connectivity index (χ0v) is 15.0. The van der Waals surface area contributed by atoms with E-state index in [1.54, 1.807) is 28.6 Å². The smallest absolute Gasteiger partial charge is 0.361 e. The maximum absolute atomic E-state index is 11.6. The molecule has 0 bridgehead atoms. The van der Waals surface area contributed by atoms with Crippen molar-refractivity contribution in [2.24, 2.45) is 0 Å². The Kier molecular flexibility index (Phi) is 13.1. The third-order valence-corrected chi connectivity index (χ3v) is 4.96. The number of rotatable bonds is 12. The van der Waals surface area contributed by atoms with Crippen LogP contribution in [0.1, 0.15) is 13.3 Å². The molecule has 7 nitrogen and oxygen atoms in total. The summed E-state index contributed by atoms with van der Waals surface area (Å²) in [6.45, 7) is 3.50. The topological polar surface area (TPSA) is 88.9 Å². The number of hydrogen-bond acceptors (Lipinski definition) is 6. The molecular formula is C13H26N3O4S2+. The molecule has 1 atom stereocenters. The van der Waals surface area contributed by atoms with Crippen LogP contribution >= 0.6 is 21.6 Å². The van der Waals surface area contributed by atoms with E-state index in [1.807, 2.05) is 6.92 Å². The number of amides is 2. The second kappa shape index (κ2) is 13.7. The van der Waals surface area contributed by atoms with Crippen LogP contribution in [0.3, 0.4) is 0 Å². The summed E-state index contributed by atoms with van der Waals surface area (Å²) < 4.78 is 4.55. The number of nitrogens with one attached hydrogen (secondary N) is 3.